The molecule has 0 aliphatic rings. The Bertz CT molecular complexity index is 1450. The van der Waals surface area contributed by atoms with Gasteiger partial charge < -0.3 is 25.3 Å². The van der Waals surface area contributed by atoms with Gasteiger partial charge in [-0.1, -0.05) is 41.5 Å². The molecule has 0 aliphatic carbocycles. The number of aromatic amines is 1. The fraction of sp³-hybridized carbons (Fsp3) is 0.0455. The molecule has 2 heterocycles. The van der Waals surface area contributed by atoms with Gasteiger partial charge >= 0.3 is 12.1 Å². The largest absolute Gasteiger partial charge is 0.507 e. The van der Waals surface area contributed by atoms with Gasteiger partial charge in [0.2, 0.25) is 0 Å². The van der Waals surface area contributed by atoms with Gasteiger partial charge in [-0.3, -0.25) is 0 Å². The van der Waals surface area contributed by atoms with E-state index in [2.05, 4.69) is 15.2 Å². The van der Waals surface area contributed by atoms with Gasteiger partial charge in [0.25, 0.3) is 0 Å². The third kappa shape index (κ3) is 2.99. The van der Waals surface area contributed by atoms with Crippen molar-refractivity contribution in [2.45, 2.75) is 0 Å². The Morgan fingerprint density at radius 2 is 1.90 bits per heavy atom. The fourth-order valence-corrected chi connectivity index (χ4v) is 3.70. The molecular formula is C22H17N5O4. The van der Waals surface area contributed by atoms with Gasteiger partial charge in [-0.15, -0.1) is 5.10 Å². The summed E-state index contributed by atoms with van der Waals surface area (Å²) in [4.78, 5) is 14.5. The van der Waals surface area contributed by atoms with Gasteiger partial charge in [-0.2, -0.15) is 0 Å². The van der Waals surface area contributed by atoms with Crippen LogP contribution in [0.4, 0.5) is 4.79 Å². The van der Waals surface area contributed by atoms with E-state index in [1.165, 1.54) is 0 Å². The summed E-state index contributed by atoms with van der Waals surface area (Å²) in [6.07, 6.45) is 0.678. The quantitative estimate of drug-likeness (QED) is 0.410. The van der Waals surface area contributed by atoms with E-state index in [-0.39, 0.29) is 17.6 Å². The van der Waals surface area contributed by atoms with Crippen molar-refractivity contribution >= 4 is 27.8 Å². The lowest BCUT2D eigenvalue weighted by Crippen LogP contribution is -2.18. The zero-order valence-corrected chi connectivity index (χ0v) is 16.4. The third-order valence-electron chi connectivity index (χ3n) is 5.05. The predicted molar refractivity (Wildman–Crippen MR) is 115 cm³/mol. The number of ether oxygens (including phenoxy) is 2. The number of primary amides is 1. The van der Waals surface area contributed by atoms with Crippen LogP contribution in [0, 0.1) is 0 Å². The summed E-state index contributed by atoms with van der Waals surface area (Å²) in [5, 5.41) is 21.5. The zero-order valence-electron chi connectivity index (χ0n) is 16.4. The van der Waals surface area contributed by atoms with Crippen molar-refractivity contribution in [3.05, 3.63) is 60.8 Å². The first-order chi connectivity index (χ1) is 15.1. The molecule has 0 unspecified atom stereocenters. The Morgan fingerprint density at radius 1 is 1.10 bits per heavy atom. The molecule has 9 nitrogen and oxygen atoms in total. The molecule has 5 aromatic rings. The van der Waals surface area contributed by atoms with Crippen molar-refractivity contribution in [2.24, 2.45) is 5.73 Å². The van der Waals surface area contributed by atoms with Gasteiger partial charge in [-0.05, 0) is 17.5 Å². The number of benzene rings is 3. The Morgan fingerprint density at radius 3 is 2.71 bits per heavy atom. The number of H-pyrrole nitrogens is 1. The number of fused-ring (bicyclic) bond motifs is 2. The number of aromatic hydroxyl groups is 1. The van der Waals surface area contributed by atoms with E-state index in [0.717, 1.165) is 16.2 Å². The van der Waals surface area contributed by atoms with Crippen molar-refractivity contribution in [3.63, 3.8) is 0 Å². The number of amides is 1. The molecule has 5 rings (SSSR count). The second-order valence-corrected chi connectivity index (χ2v) is 6.83. The fourth-order valence-electron chi connectivity index (χ4n) is 3.70. The Balaban J connectivity index is 1.82. The highest BCUT2D eigenvalue weighted by Gasteiger charge is 2.23. The molecule has 9 heteroatoms. The van der Waals surface area contributed by atoms with Gasteiger partial charge in [0.05, 0.1) is 23.9 Å². The molecule has 0 radical (unpaired) electrons. The SMILES string of the molecule is COc1c[nH]c2cc(O)c(-c3nnc(OC(N)=O)n3-c3cccc4ccccc34)cc12. The second kappa shape index (κ2) is 7.06. The molecule has 3 aromatic carbocycles. The first kappa shape index (κ1) is 18.5. The minimum Gasteiger partial charge on any atom is -0.507 e. The zero-order chi connectivity index (χ0) is 21.5. The van der Waals surface area contributed by atoms with Crippen LogP contribution in [0.2, 0.25) is 0 Å². The molecule has 4 N–H and O–H groups in total. The first-order valence-electron chi connectivity index (χ1n) is 9.36. The number of hydrogen-bond acceptors (Lipinski definition) is 6. The minimum atomic E-state index is -1.02. The summed E-state index contributed by atoms with van der Waals surface area (Å²) in [5.74, 6) is 0.854. The summed E-state index contributed by atoms with van der Waals surface area (Å²) in [6.45, 7) is 0. The number of hydrogen-bond donors (Lipinski definition) is 3. The lowest BCUT2D eigenvalue weighted by molar-refractivity contribution is 0.206. The highest BCUT2D eigenvalue weighted by atomic mass is 16.6. The molecule has 0 aliphatic heterocycles. The van der Waals surface area contributed by atoms with Crippen LogP contribution in [0.15, 0.2) is 60.8 Å². The van der Waals surface area contributed by atoms with E-state index in [0.29, 0.717) is 22.5 Å². The normalized spacial score (nSPS) is 11.1. The van der Waals surface area contributed by atoms with E-state index in [1.807, 2.05) is 42.5 Å². The van der Waals surface area contributed by atoms with Crippen LogP contribution in [-0.4, -0.2) is 38.1 Å². The number of nitrogens with two attached hydrogens (primary N) is 1. The van der Waals surface area contributed by atoms with Gasteiger partial charge in [0.15, 0.2) is 5.82 Å². The highest BCUT2D eigenvalue weighted by Crippen LogP contribution is 2.39. The average Bonchev–Trinajstić information content (AvgIpc) is 3.35. The maximum Gasteiger partial charge on any atom is 0.412 e. The number of phenolic OH excluding ortho intramolecular Hbond substituents is 1. The van der Waals surface area contributed by atoms with Gasteiger partial charge in [0, 0.05) is 23.0 Å². The summed E-state index contributed by atoms with van der Waals surface area (Å²) in [6, 6.07) is 16.6. The smallest absolute Gasteiger partial charge is 0.412 e. The molecule has 0 bridgehead atoms. The molecule has 0 spiro atoms. The van der Waals surface area contributed by atoms with Crippen molar-refractivity contribution in [2.75, 3.05) is 7.11 Å². The van der Waals surface area contributed by atoms with Crippen LogP contribution in [0.3, 0.4) is 0 Å². The maximum absolute atomic E-state index is 11.5. The number of aromatic nitrogens is 4. The maximum atomic E-state index is 11.5. The molecule has 2 aromatic heterocycles. The van der Waals surface area contributed by atoms with Crippen molar-refractivity contribution in [1.29, 1.82) is 0 Å². The van der Waals surface area contributed by atoms with Gasteiger partial charge in [0.1, 0.15) is 11.5 Å². The number of nitrogens with zero attached hydrogens (tertiary/aromatic N) is 3. The molecule has 154 valence electrons. The third-order valence-corrected chi connectivity index (χ3v) is 5.05. The summed E-state index contributed by atoms with van der Waals surface area (Å²) in [7, 11) is 1.56. The van der Waals surface area contributed by atoms with Crippen LogP contribution in [0.1, 0.15) is 0 Å². The topological polar surface area (TPSA) is 128 Å². The van der Waals surface area contributed by atoms with E-state index in [9.17, 15) is 9.90 Å². The van der Waals surface area contributed by atoms with Crippen LogP contribution in [-0.2, 0) is 0 Å². The van der Waals surface area contributed by atoms with E-state index < -0.39 is 6.09 Å². The summed E-state index contributed by atoms with van der Waals surface area (Å²) in [5.41, 5.74) is 6.99. The second-order valence-electron chi connectivity index (χ2n) is 6.83. The van der Waals surface area contributed by atoms with E-state index in [1.54, 1.807) is 30.0 Å². The van der Waals surface area contributed by atoms with Crippen LogP contribution in [0.5, 0.6) is 17.5 Å². The van der Waals surface area contributed by atoms with Gasteiger partial charge in [-0.25, -0.2) is 9.36 Å². The Labute approximate surface area is 175 Å². The minimum absolute atomic E-state index is 0.0310. The highest BCUT2D eigenvalue weighted by molar-refractivity contribution is 5.94. The molecule has 1 amide bonds. The molecular weight excluding hydrogens is 398 g/mol. The number of nitrogens with one attached hydrogen (secondary N) is 1. The molecule has 31 heavy (non-hydrogen) atoms. The number of phenols is 1. The number of methoxy groups -OCH3 is 1. The van der Waals surface area contributed by atoms with E-state index in [4.69, 9.17) is 15.2 Å². The number of carbonyl (C=O) groups excluding carboxylic acids is 1. The molecule has 0 saturated carbocycles. The average molecular weight is 415 g/mol. The Kier molecular flexibility index (Phi) is 4.21. The standard InChI is InChI=1S/C22H17N5O4/c1-30-19-11-24-16-10-18(28)15(9-14(16)19)20-25-26-22(31-21(23)29)27(20)17-8-4-6-12-5-2-3-7-13(12)17/h2-11,24,28H,1H3,(H2,23,29). The molecule has 0 atom stereocenters. The van der Waals surface area contributed by atoms with Crippen LogP contribution < -0.4 is 15.2 Å². The van der Waals surface area contributed by atoms with Crippen molar-refractivity contribution in [1.82, 2.24) is 19.7 Å². The molecule has 0 fully saturated rings. The number of carbonyl (C=O) groups is 1. The predicted octanol–water partition coefficient (Wildman–Crippen LogP) is 3.74. The summed E-state index contributed by atoms with van der Waals surface area (Å²) >= 11 is 0. The van der Waals surface area contributed by atoms with Crippen LogP contribution >= 0.6 is 0 Å². The monoisotopic (exact) mass is 415 g/mol. The lowest BCUT2D eigenvalue weighted by atomic mass is 10.1. The van der Waals surface area contributed by atoms with Crippen molar-refractivity contribution < 1.29 is 19.4 Å². The Hall–Kier alpha value is -4.53. The summed E-state index contributed by atoms with van der Waals surface area (Å²) < 4.78 is 12.1. The van der Waals surface area contributed by atoms with Crippen LogP contribution in [0.25, 0.3) is 38.8 Å². The lowest BCUT2D eigenvalue weighted by Gasteiger charge is -2.13. The molecule has 0 saturated heterocycles. The first-order valence-corrected chi connectivity index (χ1v) is 9.36. The van der Waals surface area contributed by atoms with Crippen molar-refractivity contribution in [3.8, 4) is 34.6 Å². The number of rotatable bonds is 4. The van der Waals surface area contributed by atoms with E-state index >= 15 is 0 Å².